The Morgan fingerprint density at radius 2 is 2.14 bits per heavy atom. The molecule has 0 aliphatic carbocycles. The van der Waals surface area contributed by atoms with E-state index in [-0.39, 0.29) is 0 Å². The third-order valence-corrected chi connectivity index (χ3v) is 3.88. The van der Waals surface area contributed by atoms with Gasteiger partial charge in [-0.1, -0.05) is 6.92 Å². The van der Waals surface area contributed by atoms with Crippen LogP contribution in [0.5, 0.6) is 0 Å². The van der Waals surface area contributed by atoms with Gasteiger partial charge in [-0.05, 0) is 38.3 Å². The number of rotatable bonds is 11. The molecule has 0 radical (unpaired) electrons. The summed E-state index contributed by atoms with van der Waals surface area (Å²) in [4.78, 5) is 6.83. The van der Waals surface area contributed by atoms with E-state index in [1.54, 1.807) is 7.11 Å². The molecule has 0 amide bonds. The molecule has 0 aromatic heterocycles. The van der Waals surface area contributed by atoms with E-state index in [9.17, 15) is 0 Å². The van der Waals surface area contributed by atoms with Gasteiger partial charge in [0.05, 0.1) is 13.2 Å². The van der Waals surface area contributed by atoms with Crippen LogP contribution in [0, 0.1) is 5.92 Å². The van der Waals surface area contributed by atoms with Crippen LogP contribution in [0.4, 0.5) is 0 Å². The fraction of sp³-hybridized carbons (Fsp3) is 0.938. The van der Waals surface area contributed by atoms with Crippen molar-refractivity contribution in [1.82, 2.24) is 15.5 Å². The lowest BCUT2D eigenvalue weighted by Crippen LogP contribution is -2.40. The minimum Gasteiger partial charge on any atom is -0.382 e. The lowest BCUT2D eigenvalue weighted by atomic mass is 10.1. The maximum atomic E-state index is 5.43. The summed E-state index contributed by atoms with van der Waals surface area (Å²) in [5, 5.41) is 6.77. The summed E-state index contributed by atoms with van der Waals surface area (Å²) in [5.74, 6) is 1.63. The van der Waals surface area contributed by atoms with Gasteiger partial charge in [0.2, 0.25) is 0 Å². The van der Waals surface area contributed by atoms with Crippen LogP contribution in [-0.4, -0.2) is 77.6 Å². The smallest absolute Gasteiger partial charge is 0.190 e. The molecule has 1 aliphatic rings. The van der Waals surface area contributed by atoms with Crippen LogP contribution in [0.2, 0.25) is 0 Å². The Morgan fingerprint density at radius 3 is 2.86 bits per heavy atom. The number of hydrogen-bond donors (Lipinski definition) is 2. The van der Waals surface area contributed by atoms with Crippen molar-refractivity contribution >= 4 is 5.96 Å². The minimum absolute atomic E-state index is 0.660. The highest BCUT2D eigenvalue weighted by Gasteiger charge is 2.21. The van der Waals surface area contributed by atoms with E-state index >= 15 is 0 Å². The Balaban J connectivity index is 2.03. The number of guanidine groups is 1. The van der Waals surface area contributed by atoms with Gasteiger partial charge in [-0.25, -0.2) is 0 Å². The van der Waals surface area contributed by atoms with Crippen molar-refractivity contribution in [2.24, 2.45) is 10.9 Å². The van der Waals surface area contributed by atoms with E-state index in [0.717, 1.165) is 38.0 Å². The maximum Gasteiger partial charge on any atom is 0.190 e. The van der Waals surface area contributed by atoms with Crippen molar-refractivity contribution in [3.8, 4) is 0 Å². The van der Waals surface area contributed by atoms with Gasteiger partial charge in [0, 0.05) is 40.4 Å². The Labute approximate surface area is 135 Å². The van der Waals surface area contributed by atoms with Crippen LogP contribution in [-0.2, 0) is 9.47 Å². The van der Waals surface area contributed by atoms with Crippen LogP contribution in [0.25, 0.3) is 0 Å². The Morgan fingerprint density at radius 1 is 1.27 bits per heavy atom. The van der Waals surface area contributed by atoms with Gasteiger partial charge < -0.3 is 25.0 Å². The molecule has 6 heteroatoms. The van der Waals surface area contributed by atoms with Gasteiger partial charge >= 0.3 is 0 Å². The first-order valence-electron chi connectivity index (χ1n) is 8.53. The highest BCUT2D eigenvalue weighted by atomic mass is 16.5. The van der Waals surface area contributed by atoms with Crippen molar-refractivity contribution < 1.29 is 9.47 Å². The summed E-state index contributed by atoms with van der Waals surface area (Å²) in [6, 6.07) is 0. The third-order valence-electron chi connectivity index (χ3n) is 3.88. The normalized spacial score (nSPS) is 19.6. The molecule has 0 spiro atoms. The second-order valence-electron chi connectivity index (χ2n) is 5.79. The second kappa shape index (κ2) is 12.7. The first kappa shape index (κ1) is 19.2. The molecule has 2 N–H and O–H groups in total. The van der Waals surface area contributed by atoms with Crippen LogP contribution in [0.15, 0.2) is 4.99 Å². The number of nitrogens with one attached hydrogen (secondary N) is 2. The van der Waals surface area contributed by atoms with Crippen molar-refractivity contribution in [2.75, 3.05) is 66.7 Å². The van der Waals surface area contributed by atoms with E-state index in [0.29, 0.717) is 13.2 Å². The highest BCUT2D eigenvalue weighted by Crippen LogP contribution is 2.15. The molecule has 1 rings (SSSR count). The zero-order chi connectivity index (χ0) is 16.0. The summed E-state index contributed by atoms with van der Waals surface area (Å²) < 4.78 is 10.4. The minimum atomic E-state index is 0.660. The van der Waals surface area contributed by atoms with Crippen LogP contribution < -0.4 is 10.6 Å². The molecule has 1 fully saturated rings. The third kappa shape index (κ3) is 8.56. The topological polar surface area (TPSA) is 58.1 Å². The SMILES string of the molecule is CCCN1CCC(CNC(=NC)NCCCOCCOC)C1. The molecular weight excluding hydrogens is 280 g/mol. The lowest BCUT2D eigenvalue weighted by molar-refractivity contribution is 0.0698. The van der Waals surface area contributed by atoms with Crippen LogP contribution in [0.1, 0.15) is 26.2 Å². The fourth-order valence-corrected chi connectivity index (χ4v) is 2.69. The Bertz CT molecular complexity index is 300. The molecule has 130 valence electrons. The zero-order valence-corrected chi connectivity index (χ0v) is 14.6. The summed E-state index contributed by atoms with van der Waals surface area (Å²) in [7, 11) is 3.51. The van der Waals surface area contributed by atoms with Gasteiger partial charge in [-0.2, -0.15) is 0 Å². The van der Waals surface area contributed by atoms with Gasteiger partial charge in [0.1, 0.15) is 0 Å². The lowest BCUT2D eigenvalue weighted by Gasteiger charge is -2.17. The molecule has 1 aliphatic heterocycles. The summed E-state index contributed by atoms with van der Waals surface area (Å²) in [6.07, 6.45) is 3.51. The van der Waals surface area contributed by atoms with E-state index in [1.165, 1.54) is 32.5 Å². The largest absolute Gasteiger partial charge is 0.382 e. The maximum absolute atomic E-state index is 5.43. The molecule has 0 aromatic carbocycles. The second-order valence-corrected chi connectivity index (χ2v) is 5.79. The molecule has 0 bridgehead atoms. The van der Waals surface area contributed by atoms with E-state index in [4.69, 9.17) is 9.47 Å². The molecule has 0 aromatic rings. The fourth-order valence-electron chi connectivity index (χ4n) is 2.69. The van der Waals surface area contributed by atoms with E-state index < -0.39 is 0 Å². The zero-order valence-electron chi connectivity index (χ0n) is 14.6. The number of hydrogen-bond acceptors (Lipinski definition) is 4. The number of likely N-dealkylation sites (tertiary alicyclic amines) is 1. The average Bonchev–Trinajstić information content (AvgIpc) is 2.97. The van der Waals surface area contributed by atoms with Crippen molar-refractivity contribution in [3.05, 3.63) is 0 Å². The van der Waals surface area contributed by atoms with Gasteiger partial charge in [-0.15, -0.1) is 0 Å². The first-order chi connectivity index (χ1) is 10.8. The molecule has 1 heterocycles. The van der Waals surface area contributed by atoms with Gasteiger partial charge in [0.25, 0.3) is 0 Å². The van der Waals surface area contributed by atoms with E-state index in [1.807, 2.05) is 7.05 Å². The molecule has 1 unspecified atom stereocenters. The number of aliphatic imine (C=N–C) groups is 1. The quantitative estimate of drug-likeness (QED) is 0.338. The number of nitrogens with zero attached hydrogens (tertiary/aromatic N) is 2. The van der Waals surface area contributed by atoms with E-state index in [2.05, 4.69) is 27.4 Å². The summed E-state index contributed by atoms with van der Waals surface area (Å²) in [6.45, 7) is 9.89. The summed E-state index contributed by atoms with van der Waals surface area (Å²) in [5.41, 5.74) is 0. The molecule has 1 atom stereocenters. The van der Waals surface area contributed by atoms with Gasteiger partial charge in [-0.3, -0.25) is 4.99 Å². The molecule has 6 nitrogen and oxygen atoms in total. The Hall–Kier alpha value is -0.850. The van der Waals surface area contributed by atoms with Crippen LogP contribution in [0.3, 0.4) is 0 Å². The highest BCUT2D eigenvalue weighted by molar-refractivity contribution is 5.79. The monoisotopic (exact) mass is 314 g/mol. The van der Waals surface area contributed by atoms with Crippen LogP contribution >= 0.6 is 0 Å². The molecular formula is C16H34N4O2. The van der Waals surface area contributed by atoms with Crippen molar-refractivity contribution in [2.45, 2.75) is 26.2 Å². The molecule has 1 saturated heterocycles. The van der Waals surface area contributed by atoms with Crippen molar-refractivity contribution in [3.63, 3.8) is 0 Å². The Kier molecular flexibility index (Phi) is 11.1. The molecule has 22 heavy (non-hydrogen) atoms. The first-order valence-corrected chi connectivity index (χ1v) is 8.53. The summed E-state index contributed by atoms with van der Waals surface area (Å²) >= 11 is 0. The molecule has 0 saturated carbocycles. The van der Waals surface area contributed by atoms with Gasteiger partial charge in [0.15, 0.2) is 5.96 Å². The predicted molar refractivity (Wildman–Crippen MR) is 91.5 cm³/mol. The average molecular weight is 314 g/mol. The number of methoxy groups -OCH3 is 1. The number of ether oxygens (including phenoxy) is 2. The standard InChI is InChI=1S/C16H34N4O2/c1-4-8-20-9-6-15(14-20)13-19-16(17-2)18-7-5-10-22-12-11-21-3/h15H,4-14H2,1-3H3,(H2,17,18,19). The van der Waals surface area contributed by atoms with Crippen molar-refractivity contribution in [1.29, 1.82) is 0 Å². The predicted octanol–water partition coefficient (Wildman–Crippen LogP) is 0.936.